The zero-order chi connectivity index (χ0) is 20.2. The highest BCUT2D eigenvalue weighted by Crippen LogP contribution is 2.34. The van der Waals surface area contributed by atoms with Gasteiger partial charge in [0, 0.05) is 12.5 Å². The van der Waals surface area contributed by atoms with Crippen LogP contribution >= 0.6 is 0 Å². The van der Waals surface area contributed by atoms with Gasteiger partial charge in [0.25, 0.3) is 0 Å². The smallest absolute Gasteiger partial charge is 0.311 e. The molecule has 1 saturated carbocycles. The average Bonchev–Trinajstić information content (AvgIpc) is 2.69. The summed E-state index contributed by atoms with van der Waals surface area (Å²) in [5.41, 5.74) is 0.685. The molecule has 0 saturated heterocycles. The van der Waals surface area contributed by atoms with Crippen LogP contribution in [-0.4, -0.2) is 5.97 Å². The molecule has 3 heteroatoms. The van der Waals surface area contributed by atoms with E-state index in [-0.39, 0.29) is 11.8 Å². The predicted molar refractivity (Wildman–Crippen MR) is 114 cm³/mol. The lowest BCUT2D eigenvalue weighted by molar-refractivity contribution is -0.134. The van der Waals surface area contributed by atoms with Crippen molar-refractivity contribution in [2.75, 3.05) is 0 Å². The van der Waals surface area contributed by atoms with Crippen LogP contribution in [0.1, 0.15) is 103 Å². The van der Waals surface area contributed by atoms with Crippen molar-refractivity contribution < 1.29 is 13.9 Å². The first-order chi connectivity index (χ1) is 13.6. The second-order valence-corrected chi connectivity index (χ2v) is 8.61. The topological polar surface area (TPSA) is 26.3 Å². The standard InChI is InChI=1S/C25H39FO2/c1-3-5-6-7-8-10-20-11-13-21(14-12-20)15-18-25(27)28-23-17-16-22(9-4-2)24(26)19-23/h16-17,19-21H,3-15,18H2,1-2H3. The van der Waals surface area contributed by atoms with Gasteiger partial charge < -0.3 is 4.74 Å². The summed E-state index contributed by atoms with van der Waals surface area (Å²) in [6, 6.07) is 4.78. The molecule has 1 aliphatic carbocycles. The maximum Gasteiger partial charge on any atom is 0.311 e. The third-order valence-corrected chi connectivity index (χ3v) is 6.21. The lowest BCUT2D eigenvalue weighted by atomic mass is 9.78. The van der Waals surface area contributed by atoms with Crippen molar-refractivity contribution in [2.45, 2.75) is 104 Å². The molecule has 1 aromatic rings. The van der Waals surface area contributed by atoms with Crippen LogP contribution in [0.3, 0.4) is 0 Å². The Balaban J connectivity index is 1.61. The Labute approximate surface area is 171 Å². The first-order valence-corrected chi connectivity index (χ1v) is 11.6. The highest BCUT2D eigenvalue weighted by atomic mass is 19.1. The van der Waals surface area contributed by atoms with E-state index in [4.69, 9.17) is 4.74 Å². The fraction of sp³-hybridized carbons (Fsp3) is 0.720. The van der Waals surface area contributed by atoms with Gasteiger partial charge in [-0.15, -0.1) is 0 Å². The van der Waals surface area contributed by atoms with Crippen LogP contribution < -0.4 is 4.74 Å². The van der Waals surface area contributed by atoms with Gasteiger partial charge in [-0.05, 0) is 36.3 Å². The number of halogens is 1. The van der Waals surface area contributed by atoms with Gasteiger partial charge in [0.15, 0.2) is 0 Å². The molecule has 0 amide bonds. The molecule has 28 heavy (non-hydrogen) atoms. The summed E-state index contributed by atoms with van der Waals surface area (Å²) in [7, 11) is 0. The number of esters is 1. The van der Waals surface area contributed by atoms with E-state index in [0.29, 0.717) is 30.1 Å². The van der Waals surface area contributed by atoms with Crippen LogP contribution in [0.2, 0.25) is 0 Å². The van der Waals surface area contributed by atoms with Gasteiger partial charge in [0.2, 0.25) is 0 Å². The highest BCUT2D eigenvalue weighted by molar-refractivity contribution is 5.72. The van der Waals surface area contributed by atoms with E-state index in [2.05, 4.69) is 6.92 Å². The van der Waals surface area contributed by atoms with E-state index in [9.17, 15) is 9.18 Å². The third-order valence-electron chi connectivity index (χ3n) is 6.21. The SMILES string of the molecule is CCCCCCCC1CCC(CCC(=O)Oc2ccc(CCC)c(F)c2)CC1. The molecule has 0 radical (unpaired) electrons. The molecule has 0 aliphatic heterocycles. The van der Waals surface area contributed by atoms with Crippen LogP contribution in [0.25, 0.3) is 0 Å². The zero-order valence-corrected chi connectivity index (χ0v) is 18.0. The van der Waals surface area contributed by atoms with Crippen molar-refractivity contribution in [2.24, 2.45) is 11.8 Å². The molecule has 0 unspecified atom stereocenters. The molecule has 0 aromatic heterocycles. The van der Waals surface area contributed by atoms with E-state index >= 15 is 0 Å². The second-order valence-electron chi connectivity index (χ2n) is 8.61. The van der Waals surface area contributed by atoms with Gasteiger partial charge in [-0.2, -0.15) is 0 Å². The lowest BCUT2D eigenvalue weighted by Gasteiger charge is -2.28. The normalized spacial score (nSPS) is 19.5. The molecule has 1 aliphatic rings. The average molecular weight is 391 g/mol. The minimum absolute atomic E-state index is 0.235. The molecule has 1 fully saturated rings. The molecular weight excluding hydrogens is 351 g/mol. The van der Waals surface area contributed by atoms with E-state index in [1.807, 2.05) is 6.92 Å². The summed E-state index contributed by atoms with van der Waals surface area (Å²) in [6.07, 6.45) is 16.3. The molecule has 0 heterocycles. The first kappa shape index (κ1) is 22.9. The van der Waals surface area contributed by atoms with Crippen LogP contribution in [0.4, 0.5) is 4.39 Å². The number of hydrogen-bond acceptors (Lipinski definition) is 2. The molecule has 0 atom stereocenters. The first-order valence-electron chi connectivity index (χ1n) is 11.6. The Morgan fingerprint density at radius 3 is 2.29 bits per heavy atom. The Hall–Kier alpha value is -1.38. The van der Waals surface area contributed by atoms with E-state index in [1.165, 1.54) is 70.3 Å². The van der Waals surface area contributed by atoms with Crippen molar-refractivity contribution in [3.05, 3.63) is 29.6 Å². The summed E-state index contributed by atoms with van der Waals surface area (Å²) in [5, 5.41) is 0. The second kappa shape index (κ2) is 13.0. The van der Waals surface area contributed by atoms with Crippen molar-refractivity contribution >= 4 is 5.97 Å². The fourth-order valence-electron chi connectivity index (χ4n) is 4.41. The van der Waals surface area contributed by atoms with Gasteiger partial charge in [-0.3, -0.25) is 4.79 Å². The number of unbranched alkanes of at least 4 members (excludes halogenated alkanes) is 4. The monoisotopic (exact) mass is 390 g/mol. The lowest BCUT2D eigenvalue weighted by Crippen LogP contribution is -2.17. The van der Waals surface area contributed by atoms with E-state index < -0.39 is 0 Å². The molecular formula is C25H39FO2. The van der Waals surface area contributed by atoms with Gasteiger partial charge >= 0.3 is 5.97 Å². The number of carbonyl (C=O) groups is 1. The minimum atomic E-state index is -0.278. The van der Waals surface area contributed by atoms with Crippen molar-refractivity contribution in [1.29, 1.82) is 0 Å². The predicted octanol–water partition coefficient (Wildman–Crippen LogP) is 7.63. The van der Waals surface area contributed by atoms with Gasteiger partial charge in [0.05, 0.1) is 0 Å². The molecule has 0 spiro atoms. The molecule has 158 valence electrons. The highest BCUT2D eigenvalue weighted by Gasteiger charge is 2.21. The summed E-state index contributed by atoms with van der Waals surface area (Å²) in [6.45, 7) is 4.28. The number of carbonyl (C=O) groups excluding carboxylic acids is 1. The molecule has 2 rings (SSSR count). The Bertz CT molecular complexity index is 576. The zero-order valence-electron chi connectivity index (χ0n) is 18.0. The van der Waals surface area contributed by atoms with E-state index in [1.54, 1.807) is 12.1 Å². The fourth-order valence-corrected chi connectivity index (χ4v) is 4.41. The summed E-state index contributed by atoms with van der Waals surface area (Å²) >= 11 is 0. The number of hydrogen-bond donors (Lipinski definition) is 0. The quantitative estimate of drug-likeness (QED) is 0.208. The summed E-state index contributed by atoms with van der Waals surface area (Å²) in [4.78, 5) is 12.1. The van der Waals surface area contributed by atoms with Crippen LogP contribution in [-0.2, 0) is 11.2 Å². The molecule has 0 N–H and O–H groups in total. The molecule has 0 bridgehead atoms. The van der Waals surface area contributed by atoms with Crippen molar-refractivity contribution in [3.8, 4) is 5.75 Å². The van der Waals surface area contributed by atoms with Gasteiger partial charge in [0.1, 0.15) is 11.6 Å². The maximum absolute atomic E-state index is 14.0. The Kier molecular flexibility index (Phi) is 10.6. The van der Waals surface area contributed by atoms with Crippen molar-refractivity contribution in [1.82, 2.24) is 0 Å². The number of aryl methyl sites for hydroxylation is 1. The summed E-state index contributed by atoms with van der Waals surface area (Å²) < 4.78 is 19.3. The van der Waals surface area contributed by atoms with Crippen molar-refractivity contribution in [3.63, 3.8) is 0 Å². The number of ether oxygens (including phenoxy) is 1. The largest absolute Gasteiger partial charge is 0.426 e. The third kappa shape index (κ3) is 8.32. The van der Waals surface area contributed by atoms with Crippen LogP contribution in [0.5, 0.6) is 5.75 Å². The van der Waals surface area contributed by atoms with Crippen LogP contribution in [0.15, 0.2) is 18.2 Å². The molecule has 2 nitrogen and oxygen atoms in total. The van der Waals surface area contributed by atoms with E-state index in [0.717, 1.165) is 18.8 Å². The Morgan fingerprint density at radius 1 is 0.964 bits per heavy atom. The van der Waals surface area contributed by atoms with Gasteiger partial charge in [-0.1, -0.05) is 90.5 Å². The van der Waals surface area contributed by atoms with Gasteiger partial charge in [-0.25, -0.2) is 4.39 Å². The summed E-state index contributed by atoms with van der Waals surface area (Å²) in [5.74, 6) is 1.36. The molecule has 1 aromatic carbocycles. The maximum atomic E-state index is 14.0. The van der Waals surface area contributed by atoms with Crippen LogP contribution in [0, 0.1) is 17.7 Å². The number of rotatable bonds is 12. The number of benzene rings is 1. The minimum Gasteiger partial charge on any atom is -0.426 e. The Morgan fingerprint density at radius 2 is 1.64 bits per heavy atom.